The molecule has 2 N–H and O–H groups in total. The fourth-order valence-corrected chi connectivity index (χ4v) is 1.63. The molecule has 1 atom stereocenters. The van der Waals surface area contributed by atoms with Gasteiger partial charge in [0.05, 0.1) is 0 Å². The van der Waals surface area contributed by atoms with Crippen molar-refractivity contribution in [3.63, 3.8) is 0 Å². The molecule has 1 aliphatic heterocycles. The molecule has 0 saturated carbocycles. The van der Waals surface area contributed by atoms with Gasteiger partial charge in [0.25, 0.3) is 0 Å². The molecule has 0 spiro atoms. The molecular weight excluding hydrogens is 208 g/mol. The molecule has 16 heavy (non-hydrogen) atoms. The van der Waals surface area contributed by atoms with Crippen LogP contribution in [0.1, 0.15) is 45.4 Å². The van der Waals surface area contributed by atoms with Crippen LogP contribution in [0.2, 0.25) is 0 Å². The van der Waals surface area contributed by atoms with Crippen molar-refractivity contribution >= 4 is 17.7 Å². The van der Waals surface area contributed by atoms with Gasteiger partial charge in [-0.15, -0.1) is 0 Å². The van der Waals surface area contributed by atoms with E-state index in [0.29, 0.717) is 19.3 Å². The van der Waals surface area contributed by atoms with E-state index in [1.165, 1.54) is 0 Å². The first-order chi connectivity index (χ1) is 7.63. The highest BCUT2D eigenvalue weighted by Gasteiger charge is 2.27. The van der Waals surface area contributed by atoms with Gasteiger partial charge in [0.1, 0.15) is 6.04 Å². The van der Waals surface area contributed by atoms with Crippen LogP contribution >= 0.6 is 0 Å². The highest BCUT2D eigenvalue weighted by molar-refractivity contribution is 6.00. The minimum atomic E-state index is -0.525. The number of amides is 3. The Morgan fingerprint density at radius 3 is 2.75 bits per heavy atom. The van der Waals surface area contributed by atoms with Crippen molar-refractivity contribution in [2.24, 2.45) is 0 Å². The van der Waals surface area contributed by atoms with Crippen molar-refractivity contribution in [1.82, 2.24) is 10.6 Å². The van der Waals surface area contributed by atoms with E-state index >= 15 is 0 Å². The van der Waals surface area contributed by atoms with Crippen LogP contribution in [0, 0.1) is 0 Å². The maximum atomic E-state index is 11.5. The number of hydrogen-bond acceptors (Lipinski definition) is 3. The molecule has 3 amide bonds. The molecule has 0 aromatic heterocycles. The zero-order valence-corrected chi connectivity index (χ0v) is 9.54. The summed E-state index contributed by atoms with van der Waals surface area (Å²) in [6.07, 6.45) is 4.05. The minimum Gasteiger partial charge on any atom is -0.344 e. The van der Waals surface area contributed by atoms with Gasteiger partial charge in [0.2, 0.25) is 17.7 Å². The van der Waals surface area contributed by atoms with E-state index in [1.54, 1.807) is 0 Å². The lowest BCUT2D eigenvalue weighted by Crippen LogP contribution is -2.44. The lowest BCUT2D eigenvalue weighted by molar-refractivity contribution is -0.132. The Morgan fingerprint density at radius 2 is 2.19 bits per heavy atom. The quantitative estimate of drug-likeness (QED) is 0.670. The van der Waals surface area contributed by atoms with Crippen molar-refractivity contribution in [3.05, 3.63) is 0 Å². The molecule has 1 saturated heterocycles. The molecule has 90 valence electrons. The van der Waals surface area contributed by atoms with Gasteiger partial charge in [-0.25, -0.2) is 0 Å². The second kappa shape index (κ2) is 6.25. The molecule has 0 bridgehead atoms. The fraction of sp³-hybridized carbons (Fsp3) is 0.727. The highest BCUT2D eigenvalue weighted by atomic mass is 16.2. The number of rotatable bonds is 5. The predicted octanol–water partition coefficient (Wildman–Crippen LogP) is 0.488. The SMILES string of the molecule is CCCCCC(=O)NC(=O)[C@@H]1CCC(=O)N1. The van der Waals surface area contributed by atoms with E-state index in [2.05, 4.69) is 17.6 Å². The van der Waals surface area contributed by atoms with Gasteiger partial charge in [-0.2, -0.15) is 0 Å². The monoisotopic (exact) mass is 226 g/mol. The number of carbonyl (C=O) groups excluding carboxylic acids is 3. The molecule has 0 radical (unpaired) electrons. The summed E-state index contributed by atoms with van der Waals surface area (Å²) in [5.41, 5.74) is 0. The molecule has 1 rings (SSSR count). The number of imide groups is 1. The van der Waals surface area contributed by atoms with Gasteiger partial charge in [0, 0.05) is 12.8 Å². The third-order valence-corrected chi connectivity index (χ3v) is 2.58. The summed E-state index contributed by atoms with van der Waals surface area (Å²) in [6.45, 7) is 2.05. The van der Waals surface area contributed by atoms with Crippen molar-refractivity contribution < 1.29 is 14.4 Å². The Balaban J connectivity index is 2.23. The van der Waals surface area contributed by atoms with Crippen molar-refractivity contribution in [3.8, 4) is 0 Å². The highest BCUT2D eigenvalue weighted by Crippen LogP contribution is 2.06. The summed E-state index contributed by atoms with van der Waals surface area (Å²) < 4.78 is 0. The average Bonchev–Trinajstić information content (AvgIpc) is 2.65. The fourth-order valence-electron chi connectivity index (χ4n) is 1.63. The van der Waals surface area contributed by atoms with Crippen LogP contribution in [-0.4, -0.2) is 23.8 Å². The normalized spacial score (nSPS) is 19.3. The number of carbonyl (C=O) groups is 3. The van der Waals surface area contributed by atoms with Crippen LogP contribution in [0.15, 0.2) is 0 Å². The number of nitrogens with one attached hydrogen (secondary N) is 2. The topological polar surface area (TPSA) is 75.3 Å². The van der Waals surface area contributed by atoms with E-state index in [9.17, 15) is 14.4 Å². The first-order valence-corrected chi connectivity index (χ1v) is 5.76. The minimum absolute atomic E-state index is 0.126. The maximum absolute atomic E-state index is 11.5. The zero-order valence-electron chi connectivity index (χ0n) is 9.54. The second-order valence-corrected chi connectivity index (χ2v) is 4.03. The molecule has 0 aliphatic carbocycles. The van der Waals surface area contributed by atoms with Gasteiger partial charge < -0.3 is 5.32 Å². The Bertz CT molecular complexity index is 289. The largest absolute Gasteiger partial charge is 0.344 e. The number of hydrogen-bond donors (Lipinski definition) is 2. The van der Waals surface area contributed by atoms with Crippen molar-refractivity contribution in [2.75, 3.05) is 0 Å². The van der Waals surface area contributed by atoms with E-state index in [4.69, 9.17) is 0 Å². The summed E-state index contributed by atoms with van der Waals surface area (Å²) in [6, 6.07) is -0.525. The summed E-state index contributed by atoms with van der Waals surface area (Å²) in [4.78, 5) is 33.7. The van der Waals surface area contributed by atoms with Crippen LogP contribution in [-0.2, 0) is 14.4 Å². The van der Waals surface area contributed by atoms with E-state index < -0.39 is 6.04 Å². The predicted molar refractivity (Wildman–Crippen MR) is 58.5 cm³/mol. The van der Waals surface area contributed by atoms with Crippen molar-refractivity contribution in [1.29, 1.82) is 0 Å². The lowest BCUT2D eigenvalue weighted by atomic mass is 10.2. The van der Waals surface area contributed by atoms with Crippen LogP contribution in [0.25, 0.3) is 0 Å². The molecule has 5 heteroatoms. The Hall–Kier alpha value is -1.39. The summed E-state index contributed by atoms with van der Waals surface area (Å²) in [7, 11) is 0. The Morgan fingerprint density at radius 1 is 1.44 bits per heavy atom. The molecule has 0 aromatic carbocycles. The smallest absolute Gasteiger partial charge is 0.249 e. The molecular formula is C11H18N2O3. The molecule has 1 aliphatic rings. The summed E-state index contributed by atoms with van der Waals surface area (Å²) in [5, 5.41) is 4.83. The van der Waals surface area contributed by atoms with Crippen LogP contribution in [0.3, 0.4) is 0 Å². The summed E-state index contributed by atoms with van der Waals surface area (Å²) >= 11 is 0. The second-order valence-electron chi connectivity index (χ2n) is 4.03. The van der Waals surface area contributed by atoms with E-state index in [-0.39, 0.29) is 17.7 Å². The first kappa shape index (κ1) is 12.7. The number of unbranched alkanes of at least 4 members (excludes halogenated alkanes) is 2. The third kappa shape index (κ3) is 4.00. The van der Waals surface area contributed by atoms with Gasteiger partial charge >= 0.3 is 0 Å². The van der Waals surface area contributed by atoms with E-state index in [1.807, 2.05) is 0 Å². The third-order valence-electron chi connectivity index (χ3n) is 2.58. The first-order valence-electron chi connectivity index (χ1n) is 5.76. The zero-order chi connectivity index (χ0) is 12.0. The molecule has 0 aromatic rings. The summed E-state index contributed by atoms with van der Waals surface area (Å²) in [5.74, 6) is -0.759. The van der Waals surface area contributed by atoms with Crippen LogP contribution < -0.4 is 10.6 Å². The average molecular weight is 226 g/mol. The van der Waals surface area contributed by atoms with Gasteiger partial charge in [-0.1, -0.05) is 19.8 Å². The Kier molecular flexibility index (Phi) is 4.95. The Labute approximate surface area is 95.0 Å². The van der Waals surface area contributed by atoms with Crippen molar-refractivity contribution in [2.45, 2.75) is 51.5 Å². The van der Waals surface area contributed by atoms with Gasteiger partial charge in [0.15, 0.2) is 0 Å². The van der Waals surface area contributed by atoms with E-state index in [0.717, 1.165) is 19.3 Å². The molecule has 1 heterocycles. The standard InChI is InChI=1S/C11H18N2O3/c1-2-3-4-5-9(14)13-11(16)8-6-7-10(15)12-8/h8H,2-7H2,1H3,(H,12,15)(H,13,14,16)/t8-/m0/s1. The van der Waals surface area contributed by atoms with Gasteiger partial charge in [-0.05, 0) is 12.8 Å². The van der Waals surface area contributed by atoms with Crippen LogP contribution in [0.5, 0.6) is 0 Å². The maximum Gasteiger partial charge on any atom is 0.249 e. The molecule has 5 nitrogen and oxygen atoms in total. The van der Waals surface area contributed by atoms with Gasteiger partial charge in [-0.3, -0.25) is 19.7 Å². The molecule has 0 unspecified atom stereocenters. The van der Waals surface area contributed by atoms with Crippen LogP contribution in [0.4, 0.5) is 0 Å². The lowest BCUT2D eigenvalue weighted by Gasteiger charge is -2.09. The molecule has 1 fully saturated rings.